The Bertz CT molecular complexity index is 1600. The summed E-state index contributed by atoms with van der Waals surface area (Å²) in [5, 5.41) is 22.8. The molecule has 262 valence electrons. The van der Waals surface area contributed by atoms with Gasteiger partial charge in [0.1, 0.15) is 11.8 Å². The third kappa shape index (κ3) is 5.53. The number of nitrogens with zero attached hydrogens (tertiary/aromatic N) is 3. The average Bonchev–Trinajstić information content (AvgIpc) is 3.52. The fourth-order valence-corrected chi connectivity index (χ4v) is 8.94. The maximum atomic E-state index is 11.8. The summed E-state index contributed by atoms with van der Waals surface area (Å²) in [5.74, 6) is 2.76. The fourth-order valence-electron chi connectivity index (χ4n) is 7.93. The molecule has 48 heavy (non-hydrogen) atoms. The number of likely N-dealkylation sites (N-methyl/N-ethyl adjacent to an activating group) is 1. The predicted molar refractivity (Wildman–Crippen MR) is 183 cm³/mol. The van der Waals surface area contributed by atoms with Gasteiger partial charge in [0, 0.05) is 41.4 Å². The van der Waals surface area contributed by atoms with Crippen molar-refractivity contribution in [2.45, 2.75) is 95.8 Å². The van der Waals surface area contributed by atoms with Crippen molar-refractivity contribution in [2.24, 2.45) is 0 Å². The van der Waals surface area contributed by atoms with Crippen LogP contribution < -0.4 is 18.9 Å². The van der Waals surface area contributed by atoms with Crippen LogP contribution in [0.3, 0.4) is 0 Å². The van der Waals surface area contributed by atoms with E-state index in [1.165, 1.54) is 0 Å². The van der Waals surface area contributed by atoms with Crippen LogP contribution in [0.25, 0.3) is 0 Å². The van der Waals surface area contributed by atoms with Crippen molar-refractivity contribution in [2.75, 3.05) is 54.7 Å². The van der Waals surface area contributed by atoms with Gasteiger partial charge in [-0.25, -0.2) is 0 Å². The third-order valence-electron chi connectivity index (χ3n) is 11.4. The Balaban J connectivity index is 1.53. The Labute approximate surface area is 285 Å². The second-order valence-corrected chi connectivity index (χ2v) is 19.8. The number of aromatic hydroxyl groups is 1. The number of aryl methyl sites for hydroxylation is 1. The highest BCUT2D eigenvalue weighted by atomic mass is 28.4. The van der Waals surface area contributed by atoms with E-state index in [2.05, 4.69) is 62.8 Å². The van der Waals surface area contributed by atoms with Crippen molar-refractivity contribution >= 4 is 8.32 Å². The molecule has 4 aliphatic rings. The number of hydrogen-bond donors (Lipinski definition) is 1. The quantitative estimate of drug-likeness (QED) is 0.194. The zero-order valence-electron chi connectivity index (χ0n) is 30.1. The second kappa shape index (κ2) is 13.0. The maximum Gasteiger partial charge on any atom is 0.231 e. The average molecular weight is 682 g/mol. The van der Waals surface area contributed by atoms with Gasteiger partial charge in [-0.05, 0) is 63.0 Å². The molecule has 1 unspecified atom stereocenters. The molecule has 4 aliphatic heterocycles. The van der Waals surface area contributed by atoms with Crippen molar-refractivity contribution in [3.63, 3.8) is 0 Å². The van der Waals surface area contributed by atoms with Gasteiger partial charge in [-0.2, -0.15) is 5.26 Å². The van der Waals surface area contributed by atoms with Crippen molar-refractivity contribution in [1.29, 1.82) is 5.26 Å². The van der Waals surface area contributed by atoms with Gasteiger partial charge in [0.15, 0.2) is 38.1 Å². The van der Waals surface area contributed by atoms with Gasteiger partial charge >= 0.3 is 0 Å². The number of nitriles is 1. The maximum absolute atomic E-state index is 11.8. The first-order chi connectivity index (χ1) is 22.8. The zero-order chi connectivity index (χ0) is 34.7. The van der Waals surface area contributed by atoms with E-state index in [0.29, 0.717) is 61.2 Å². The molecule has 2 bridgehead atoms. The molecule has 1 fully saturated rings. The first-order valence-electron chi connectivity index (χ1n) is 16.8. The van der Waals surface area contributed by atoms with E-state index < -0.39 is 14.4 Å². The molecule has 5 atom stereocenters. The molecule has 11 nitrogen and oxygen atoms in total. The van der Waals surface area contributed by atoms with Crippen LogP contribution in [0.2, 0.25) is 18.1 Å². The highest BCUT2D eigenvalue weighted by Gasteiger charge is 2.57. The summed E-state index contributed by atoms with van der Waals surface area (Å²) in [6, 6.07) is 3.63. The molecule has 2 aromatic carbocycles. The highest BCUT2D eigenvalue weighted by Crippen LogP contribution is 2.58. The minimum Gasteiger partial charge on any atom is -0.507 e. The van der Waals surface area contributed by atoms with E-state index in [1.54, 1.807) is 14.2 Å². The molecule has 0 aliphatic carbocycles. The normalized spacial score (nSPS) is 24.8. The summed E-state index contributed by atoms with van der Waals surface area (Å²) in [7, 11) is 3.19. The Morgan fingerprint density at radius 2 is 1.77 bits per heavy atom. The minimum absolute atomic E-state index is 0.0148. The van der Waals surface area contributed by atoms with Gasteiger partial charge in [-0.3, -0.25) is 9.80 Å². The summed E-state index contributed by atoms with van der Waals surface area (Å²) in [6.07, 6.45) is 1.16. The molecule has 6 rings (SSSR count). The molecule has 0 amide bonds. The second-order valence-electron chi connectivity index (χ2n) is 15.0. The molecule has 0 aromatic heterocycles. The van der Waals surface area contributed by atoms with Crippen LogP contribution >= 0.6 is 0 Å². The lowest BCUT2D eigenvalue weighted by Crippen LogP contribution is -2.68. The van der Waals surface area contributed by atoms with Crippen LogP contribution in [-0.2, 0) is 26.7 Å². The Morgan fingerprint density at radius 1 is 1.04 bits per heavy atom. The third-order valence-corrected chi connectivity index (χ3v) is 15.9. The van der Waals surface area contributed by atoms with E-state index in [0.717, 1.165) is 27.8 Å². The van der Waals surface area contributed by atoms with E-state index in [9.17, 15) is 10.4 Å². The Kier molecular flexibility index (Phi) is 9.43. The van der Waals surface area contributed by atoms with Crippen LogP contribution in [0.1, 0.15) is 66.2 Å². The number of piperazine rings is 1. The number of rotatable bonds is 10. The molecule has 1 saturated heterocycles. The van der Waals surface area contributed by atoms with Crippen molar-refractivity contribution < 1.29 is 38.0 Å². The Hall–Kier alpha value is -3.05. The largest absolute Gasteiger partial charge is 0.507 e. The van der Waals surface area contributed by atoms with Crippen molar-refractivity contribution in [3.05, 3.63) is 39.4 Å². The summed E-state index contributed by atoms with van der Waals surface area (Å²) >= 11 is 0. The number of benzene rings is 2. The van der Waals surface area contributed by atoms with Crippen LogP contribution in [0.4, 0.5) is 0 Å². The number of methoxy groups -OCH3 is 2. The van der Waals surface area contributed by atoms with Gasteiger partial charge < -0.3 is 38.0 Å². The predicted octanol–water partition coefficient (Wildman–Crippen LogP) is 5.54. The monoisotopic (exact) mass is 681 g/mol. The molecule has 0 radical (unpaired) electrons. The number of phenols is 1. The van der Waals surface area contributed by atoms with E-state index in [1.807, 2.05) is 13.8 Å². The molecule has 0 spiro atoms. The summed E-state index contributed by atoms with van der Waals surface area (Å²) in [4.78, 5) is 4.69. The SMILES string of the molecule is COCCOCOc1c(OC)c(C)cc2c1[C@@H]1C3Cc4c(O)c(C)c5c(c4[C@H](CO[Si](C)(C)C(C)(C)C)N3[C@@H](C#N)[C@H](C2)N1C)OCO5. The molecule has 2 aromatic rings. The van der Waals surface area contributed by atoms with E-state index >= 15 is 0 Å². The molecule has 0 saturated carbocycles. The number of ether oxygens (including phenoxy) is 6. The molecular formula is C36H51N3O8Si. The summed E-state index contributed by atoms with van der Waals surface area (Å²) in [6.45, 7) is 16.4. The van der Waals surface area contributed by atoms with Gasteiger partial charge in [0.05, 0.1) is 45.1 Å². The lowest BCUT2D eigenvalue weighted by atomic mass is 9.71. The first-order valence-corrected chi connectivity index (χ1v) is 19.7. The van der Waals surface area contributed by atoms with Gasteiger partial charge in [-0.15, -0.1) is 0 Å². The molecule has 1 N–H and O–H groups in total. The molecule has 12 heteroatoms. The first kappa shape index (κ1) is 34.8. The summed E-state index contributed by atoms with van der Waals surface area (Å²) in [5.41, 5.74) is 5.49. The lowest BCUT2D eigenvalue weighted by Gasteiger charge is -2.60. The van der Waals surface area contributed by atoms with Crippen LogP contribution in [-0.4, -0.2) is 96.0 Å². The minimum atomic E-state index is -2.21. The summed E-state index contributed by atoms with van der Waals surface area (Å²) < 4.78 is 42.4. The van der Waals surface area contributed by atoms with Crippen molar-refractivity contribution in [1.82, 2.24) is 9.80 Å². The van der Waals surface area contributed by atoms with E-state index in [-0.39, 0.29) is 48.5 Å². The molecule has 4 heterocycles. The van der Waals surface area contributed by atoms with E-state index in [4.69, 9.17) is 32.8 Å². The standard InChI is InChI=1S/C36H51N3O8Si/c1-20-13-22-14-24-26(16-37)39-25(30(38(24)6)28(22)34(32(20)42-8)44-18-43-12-11-41-7)15-23-29(27(39)17-47-48(9,10)36(3,4)5)35-33(45-19-46-35)21(2)31(23)40/h13,24-27,30,40H,11-12,14-15,17-19H2,1-10H3/t24-,25?,26-,27-,30-/m0/s1. The van der Waals surface area contributed by atoms with Crippen LogP contribution in [0.15, 0.2) is 6.07 Å². The highest BCUT2D eigenvalue weighted by molar-refractivity contribution is 6.74. The van der Waals surface area contributed by atoms with Gasteiger partial charge in [0.2, 0.25) is 6.79 Å². The fraction of sp³-hybridized carbons (Fsp3) is 0.639. The zero-order valence-corrected chi connectivity index (χ0v) is 31.1. The van der Waals surface area contributed by atoms with Gasteiger partial charge in [0.25, 0.3) is 0 Å². The topological polar surface area (TPSA) is 115 Å². The Morgan fingerprint density at radius 3 is 2.44 bits per heavy atom. The number of hydrogen-bond acceptors (Lipinski definition) is 11. The van der Waals surface area contributed by atoms with Gasteiger partial charge in [-0.1, -0.05) is 26.8 Å². The van der Waals surface area contributed by atoms with Crippen molar-refractivity contribution in [3.8, 4) is 34.8 Å². The number of fused-ring (bicyclic) bond motifs is 9. The lowest BCUT2D eigenvalue weighted by molar-refractivity contribution is -0.0825. The smallest absolute Gasteiger partial charge is 0.231 e. The molecular weight excluding hydrogens is 630 g/mol. The van der Waals surface area contributed by atoms with Crippen LogP contribution in [0.5, 0.6) is 28.7 Å². The van der Waals surface area contributed by atoms with Crippen LogP contribution in [0, 0.1) is 25.2 Å². The number of phenolic OH excluding ortho intramolecular Hbond substituents is 1.